The van der Waals surface area contributed by atoms with Crippen LogP contribution in [0, 0.1) is 5.82 Å². The Balaban J connectivity index is 2.10. The van der Waals surface area contributed by atoms with Crippen LogP contribution in [0.5, 0.6) is 0 Å². The second-order valence-electron chi connectivity index (χ2n) is 4.86. The summed E-state index contributed by atoms with van der Waals surface area (Å²) in [6.07, 6.45) is 0. The molecule has 1 heterocycles. The lowest BCUT2D eigenvalue weighted by Gasteiger charge is -2.39. The van der Waals surface area contributed by atoms with Crippen molar-refractivity contribution in [1.82, 2.24) is 9.80 Å². The van der Waals surface area contributed by atoms with E-state index in [0.717, 1.165) is 29.7 Å². The molecule has 0 amide bonds. The Morgan fingerprint density at radius 1 is 1.44 bits per heavy atom. The molecule has 0 aliphatic carbocycles. The lowest BCUT2D eigenvalue weighted by Crippen LogP contribution is -2.54. The molecule has 1 aliphatic heterocycles. The smallest absolute Gasteiger partial charge is 0.127 e. The van der Waals surface area contributed by atoms with Crippen molar-refractivity contribution in [2.75, 3.05) is 33.2 Å². The Labute approximate surface area is 116 Å². The third-order valence-electron chi connectivity index (χ3n) is 3.46. The number of halogens is 2. The predicted octanol–water partition coefficient (Wildman–Crippen LogP) is 1.66. The first kappa shape index (κ1) is 13.9. The fourth-order valence-corrected chi connectivity index (χ4v) is 2.77. The molecule has 0 spiro atoms. The second-order valence-corrected chi connectivity index (χ2v) is 5.77. The van der Waals surface area contributed by atoms with E-state index in [1.54, 1.807) is 6.07 Å². The SMILES string of the molecule is CN1CCN(Cc2cc(Br)ccc2F)C(CN)C1. The number of nitrogens with zero attached hydrogens (tertiary/aromatic N) is 2. The molecule has 18 heavy (non-hydrogen) atoms. The van der Waals surface area contributed by atoms with Crippen LogP contribution in [-0.2, 0) is 6.54 Å². The third kappa shape index (κ3) is 3.29. The highest BCUT2D eigenvalue weighted by molar-refractivity contribution is 9.10. The Morgan fingerprint density at radius 2 is 2.22 bits per heavy atom. The van der Waals surface area contributed by atoms with E-state index in [1.807, 2.05) is 6.07 Å². The van der Waals surface area contributed by atoms with Gasteiger partial charge in [0.2, 0.25) is 0 Å². The molecule has 1 aromatic carbocycles. The van der Waals surface area contributed by atoms with Crippen molar-refractivity contribution in [2.24, 2.45) is 5.73 Å². The molecule has 3 nitrogen and oxygen atoms in total. The number of hydrogen-bond donors (Lipinski definition) is 1. The molecule has 0 bridgehead atoms. The van der Waals surface area contributed by atoms with Gasteiger partial charge in [-0.15, -0.1) is 0 Å². The number of nitrogens with two attached hydrogens (primary N) is 1. The zero-order valence-corrected chi connectivity index (χ0v) is 12.2. The van der Waals surface area contributed by atoms with Crippen LogP contribution in [-0.4, -0.2) is 49.1 Å². The molecule has 1 fully saturated rings. The van der Waals surface area contributed by atoms with Crippen molar-refractivity contribution in [3.8, 4) is 0 Å². The Bertz CT molecular complexity index is 413. The van der Waals surface area contributed by atoms with E-state index in [1.165, 1.54) is 6.07 Å². The van der Waals surface area contributed by atoms with E-state index in [4.69, 9.17) is 5.73 Å². The van der Waals surface area contributed by atoms with E-state index >= 15 is 0 Å². The Kier molecular flexibility index (Phi) is 4.72. The van der Waals surface area contributed by atoms with E-state index in [2.05, 4.69) is 32.8 Å². The summed E-state index contributed by atoms with van der Waals surface area (Å²) in [6.45, 7) is 4.13. The number of likely N-dealkylation sites (N-methyl/N-ethyl adjacent to an activating group) is 1. The molecule has 1 saturated heterocycles. The van der Waals surface area contributed by atoms with Gasteiger partial charge >= 0.3 is 0 Å². The zero-order valence-electron chi connectivity index (χ0n) is 10.6. The van der Waals surface area contributed by atoms with Crippen molar-refractivity contribution in [3.63, 3.8) is 0 Å². The highest BCUT2D eigenvalue weighted by Crippen LogP contribution is 2.19. The van der Waals surface area contributed by atoms with Gasteiger partial charge in [0.1, 0.15) is 5.82 Å². The van der Waals surface area contributed by atoms with Crippen LogP contribution in [0.2, 0.25) is 0 Å². The number of rotatable bonds is 3. The highest BCUT2D eigenvalue weighted by atomic mass is 79.9. The van der Waals surface area contributed by atoms with Crippen molar-refractivity contribution in [2.45, 2.75) is 12.6 Å². The molecule has 5 heteroatoms. The van der Waals surface area contributed by atoms with Crippen LogP contribution in [0.1, 0.15) is 5.56 Å². The summed E-state index contributed by atoms with van der Waals surface area (Å²) in [5.74, 6) is -0.145. The Hall–Kier alpha value is -0.490. The molecule has 2 rings (SSSR count). The summed E-state index contributed by atoms with van der Waals surface area (Å²) in [6, 6.07) is 5.39. The predicted molar refractivity (Wildman–Crippen MR) is 74.8 cm³/mol. The maximum Gasteiger partial charge on any atom is 0.127 e. The normalized spacial score (nSPS) is 22.3. The van der Waals surface area contributed by atoms with Gasteiger partial charge in [-0.2, -0.15) is 0 Å². The van der Waals surface area contributed by atoms with E-state index in [9.17, 15) is 4.39 Å². The molecular formula is C13H19BrFN3. The zero-order chi connectivity index (χ0) is 13.1. The van der Waals surface area contributed by atoms with E-state index in [-0.39, 0.29) is 5.82 Å². The van der Waals surface area contributed by atoms with Gasteiger partial charge in [0, 0.05) is 48.8 Å². The minimum Gasteiger partial charge on any atom is -0.329 e. The van der Waals surface area contributed by atoms with Gasteiger partial charge in [-0.1, -0.05) is 15.9 Å². The average molecular weight is 316 g/mol. The number of hydrogen-bond acceptors (Lipinski definition) is 3. The maximum absolute atomic E-state index is 13.7. The maximum atomic E-state index is 13.7. The fraction of sp³-hybridized carbons (Fsp3) is 0.538. The van der Waals surface area contributed by atoms with Gasteiger partial charge in [-0.25, -0.2) is 4.39 Å². The molecule has 100 valence electrons. The molecule has 0 aromatic heterocycles. The van der Waals surface area contributed by atoms with Crippen molar-refractivity contribution < 1.29 is 4.39 Å². The third-order valence-corrected chi connectivity index (χ3v) is 3.95. The lowest BCUT2D eigenvalue weighted by molar-refractivity contribution is 0.0871. The van der Waals surface area contributed by atoms with Crippen molar-refractivity contribution in [1.29, 1.82) is 0 Å². The summed E-state index contributed by atoms with van der Waals surface area (Å²) < 4.78 is 14.7. The van der Waals surface area contributed by atoms with Crippen molar-refractivity contribution in [3.05, 3.63) is 34.1 Å². The van der Waals surface area contributed by atoms with Crippen LogP contribution in [0.4, 0.5) is 4.39 Å². The molecule has 2 N–H and O–H groups in total. The molecular weight excluding hydrogens is 297 g/mol. The summed E-state index contributed by atoms with van der Waals surface area (Å²) in [5.41, 5.74) is 6.54. The number of piperazine rings is 1. The molecule has 1 atom stereocenters. The molecule has 1 aliphatic rings. The molecule has 1 aromatic rings. The van der Waals surface area contributed by atoms with Crippen LogP contribution in [0.3, 0.4) is 0 Å². The van der Waals surface area contributed by atoms with Gasteiger partial charge < -0.3 is 10.6 Å². The minimum absolute atomic E-state index is 0.145. The van der Waals surface area contributed by atoms with E-state index in [0.29, 0.717) is 19.1 Å². The highest BCUT2D eigenvalue weighted by Gasteiger charge is 2.24. The fourth-order valence-electron chi connectivity index (χ4n) is 2.36. The first-order chi connectivity index (χ1) is 8.60. The summed E-state index contributed by atoms with van der Waals surface area (Å²) in [7, 11) is 2.10. The van der Waals surface area contributed by atoms with Gasteiger partial charge in [0.15, 0.2) is 0 Å². The lowest BCUT2D eigenvalue weighted by atomic mass is 10.1. The summed E-state index contributed by atoms with van der Waals surface area (Å²) in [5, 5.41) is 0. The average Bonchev–Trinajstić information content (AvgIpc) is 2.36. The largest absolute Gasteiger partial charge is 0.329 e. The van der Waals surface area contributed by atoms with Crippen LogP contribution >= 0.6 is 15.9 Å². The molecule has 1 unspecified atom stereocenters. The van der Waals surface area contributed by atoms with Gasteiger partial charge in [0.25, 0.3) is 0 Å². The summed E-state index contributed by atoms with van der Waals surface area (Å²) >= 11 is 3.38. The van der Waals surface area contributed by atoms with Gasteiger partial charge in [-0.3, -0.25) is 4.90 Å². The molecule has 0 radical (unpaired) electrons. The van der Waals surface area contributed by atoms with Gasteiger partial charge in [0.05, 0.1) is 0 Å². The standard InChI is InChI=1S/C13H19BrFN3/c1-17-4-5-18(12(7-16)9-17)8-10-6-11(14)2-3-13(10)15/h2-3,6,12H,4-5,7-9,16H2,1H3. The van der Waals surface area contributed by atoms with Gasteiger partial charge in [-0.05, 0) is 25.2 Å². The van der Waals surface area contributed by atoms with Crippen LogP contribution in [0.25, 0.3) is 0 Å². The van der Waals surface area contributed by atoms with Crippen LogP contribution < -0.4 is 5.73 Å². The number of benzene rings is 1. The first-order valence-corrected chi connectivity index (χ1v) is 6.96. The summed E-state index contributed by atoms with van der Waals surface area (Å²) in [4.78, 5) is 4.54. The molecule has 0 saturated carbocycles. The first-order valence-electron chi connectivity index (χ1n) is 6.16. The monoisotopic (exact) mass is 315 g/mol. The topological polar surface area (TPSA) is 32.5 Å². The Morgan fingerprint density at radius 3 is 2.94 bits per heavy atom. The second kappa shape index (κ2) is 6.10. The minimum atomic E-state index is -0.145. The van der Waals surface area contributed by atoms with Crippen molar-refractivity contribution >= 4 is 15.9 Å². The van der Waals surface area contributed by atoms with Crippen LogP contribution in [0.15, 0.2) is 22.7 Å². The quantitative estimate of drug-likeness (QED) is 0.921. The van der Waals surface area contributed by atoms with E-state index < -0.39 is 0 Å².